The average molecular weight is 443 g/mol. The molecule has 0 radical (unpaired) electrons. The van der Waals surface area contributed by atoms with E-state index >= 15 is 0 Å². The average Bonchev–Trinajstić information content (AvgIpc) is 3.36. The minimum atomic E-state index is -0.934. The third-order valence-corrected chi connectivity index (χ3v) is 8.15. The first-order valence-corrected chi connectivity index (χ1v) is 12.5. The van der Waals surface area contributed by atoms with Gasteiger partial charge in [-0.15, -0.1) is 11.3 Å². The molecule has 1 saturated carbocycles. The Morgan fingerprint density at radius 3 is 2.74 bits per heavy atom. The number of aliphatic hydroxyl groups is 1. The van der Waals surface area contributed by atoms with Gasteiger partial charge in [-0.05, 0) is 50.7 Å². The molecule has 1 saturated heterocycles. The molecule has 31 heavy (non-hydrogen) atoms. The number of hydrogen-bond acceptors (Lipinski definition) is 5. The van der Waals surface area contributed by atoms with Crippen molar-refractivity contribution < 1.29 is 14.6 Å². The van der Waals surface area contributed by atoms with Crippen LogP contribution < -0.4 is 4.74 Å². The van der Waals surface area contributed by atoms with E-state index in [2.05, 4.69) is 0 Å². The number of hydrogen-bond donors (Lipinski definition) is 1. The van der Waals surface area contributed by atoms with Gasteiger partial charge in [-0.2, -0.15) is 0 Å². The maximum Gasteiger partial charge on any atom is 0.222 e. The molecular weight excluding hydrogens is 408 g/mol. The smallest absolute Gasteiger partial charge is 0.222 e. The summed E-state index contributed by atoms with van der Waals surface area (Å²) < 4.78 is 5.83. The molecule has 6 heteroatoms. The molecule has 2 aliphatic rings. The van der Waals surface area contributed by atoms with Gasteiger partial charge in [-0.1, -0.05) is 31.0 Å². The van der Waals surface area contributed by atoms with Gasteiger partial charge in [0.1, 0.15) is 16.4 Å². The summed E-state index contributed by atoms with van der Waals surface area (Å²) in [5.74, 6) is 1.71. The zero-order valence-corrected chi connectivity index (χ0v) is 19.3. The van der Waals surface area contributed by atoms with Crippen LogP contribution in [0.25, 0.3) is 0 Å². The lowest BCUT2D eigenvalue weighted by molar-refractivity contribution is -0.132. The van der Waals surface area contributed by atoms with Gasteiger partial charge in [0.25, 0.3) is 0 Å². The van der Waals surface area contributed by atoms with Crippen molar-refractivity contribution in [2.45, 2.75) is 70.3 Å². The number of thiazole rings is 1. The number of para-hydroxylation sites is 1. The molecule has 1 aliphatic carbocycles. The van der Waals surface area contributed by atoms with E-state index < -0.39 is 5.60 Å². The van der Waals surface area contributed by atoms with Crippen molar-refractivity contribution in [3.05, 3.63) is 45.9 Å². The van der Waals surface area contributed by atoms with Crippen molar-refractivity contribution in [2.24, 2.45) is 5.92 Å². The van der Waals surface area contributed by atoms with Crippen molar-refractivity contribution in [3.8, 4) is 5.75 Å². The summed E-state index contributed by atoms with van der Waals surface area (Å²) >= 11 is 1.60. The topological polar surface area (TPSA) is 62.7 Å². The Bertz CT molecular complexity index is 863. The first-order chi connectivity index (χ1) is 15.0. The standard InChI is InChI=1S/C25H34N2O3S/c1-19-22(12-17-30-21-10-3-2-4-11-21)31-24(26-19)25(29)13-7-15-27(16-14-25)23(28)18-20-8-5-6-9-20/h2-4,10-11,20,29H,5-9,12-18H2,1H3/t25-/m0/s1. The van der Waals surface area contributed by atoms with Crippen LogP contribution in [-0.4, -0.2) is 40.6 Å². The largest absolute Gasteiger partial charge is 0.493 e. The second-order valence-corrected chi connectivity index (χ2v) is 10.1. The molecule has 2 fully saturated rings. The van der Waals surface area contributed by atoms with E-state index in [-0.39, 0.29) is 5.91 Å². The van der Waals surface area contributed by atoms with Crippen molar-refractivity contribution in [2.75, 3.05) is 19.7 Å². The van der Waals surface area contributed by atoms with Gasteiger partial charge in [0, 0.05) is 37.2 Å². The highest BCUT2D eigenvalue weighted by molar-refractivity contribution is 7.11. The highest BCUT2D eigenvalue weighted by atomic mass is 32.1. The molecule has 0 spiro atoms. The second kappa shape index (κ2) is 10.1. The molecule has 1 amide bonds. The van der Waals surface area contributed by atoms with Gasteiger partial charge >= 0.3 is 0 Å². The Labute approximate surface area is 189 Å². The maximum atomic E-state index is 12.8. The number of benzene rings is 1. The number of nitrogens with zero attached hydrogens (tertiary/aromatic N) is 2. The number of carbonyl (C=O) groups is 1. The van der Waals surface area contributed by atoms with Crippen LogP contribution in [0.5, 0.6) is 5.75 Å². The summed E-state index contributed by atoms with van der Waals surface area (Å²) in [5, 5.41) is 12.2. The van der Waals surface area contributed by atoms with Gasteiger partial charge in [-0.25, -0.2) is 4.98 Å². The van der Waals surface area contributed by atoms with E-state index in [9.17, 15) is 9.90 Å². The van der Waals surface area contributed by atoms with Gasteiger partial charge in [0.05, 0.1) is 12.3 Å². The van der Waals surface area contributed by atoms with Gasteiger partial charge < -0.3 is 14.7 Å². The van der Waals surface area contributed by atoms with E-state index in [0.29, 0.717) is 38.3 Å². The van der Waals surface area contributed by atoms with Crippen molar-refractivity contribution in [3.63, 3.8) is 0 Å². The Morgan fingerprint density at radius 1 is 1.19 bits per heavy atom. The summed E-state index contributed by atoms with van der Waals surface area (Å²) in [6.07, 6.45) is 8.42. The molecule has 2 heterocycles. The third kappa shape index (κ3) is 5.66. The zero-order valence-electron chi connectivity index (χ0n) is 18.5. The highest BCUT2D eigenvalue weighted by Gasteiger charge is 2.36. The lowest BCUT2D eigenvalue weighted by atomic mass is 9.96. The summed E-state index contributed by atoms with van der Waals surface area (Å²) in [6.45, 7) is 3.97. The van der Waals surface area contributed by atoms with Gasteiger partial charge in [-0.3, -0.25) is 4.79 Å². The third-order valence-electron chi connectivity index (χ3n) is 6.74. The summed E-state index contributed by atoms with van der Waals surface area (Å²) in [7, 11) is 0. The fourth-order valence-electron chi connectivity index (χ4n) is 4.81. The van der Waals surface area contributed by atoms with Crippen molar-refractivity contribution in [1.82, 2.24) is 9.88 Å². The molecule has 5 nitrogen and oxygen atoms in total. The highest BCUT2D eigenvalue weighted by Crippen LogP contribution is 2.37. The lowest BCUT2D eigenvalue weighted by Gasteiger charge is -2.25. The molecule has 168 valence electrons. The Kier molecular flexibility index (Phi) is 7.28. The summed E-state index contributed by atoms with van der Waals surface area (Å²) in [5.41, 5.74) is 0.0413. The SMILES string of the molecule is Cc1nc([C@]2(O)CCCN(C(=O)CC3CCCC3)CC2)sc1CCOc1ccccc1. The fraction of sp³-hybridized carbons (Fsp3) is 0.600. The van der Waals surface area contributed by atoms with Gasteiger partial charge in [0.2, 0.25) is 5.91 Å². The van der Waals surface area contributed by atoms with Crippen LogP contribution in [0.15, 0.2) is 30.3 Å². The van der Waals surface area contributed by atoms with Crippen LogP contribution >= 0.6 is 11.3 Å². The van der Waals surface area contributed by atoms with Crippen molar-refractivity contribution in [1.29, 1.82) is 0 Å². The normalized spacial score (nSPS) is 22.5. The van der Waals surface area contributed by atoms with E-state index in [1.54, 1.807) is 11.3 Å². The number of amides is 1. The summed E-state index contributed by atoms with van der Waals surface area (Å²) in [4.78, 5) is 20.6. The molecule has 0 unspecified atom stereocenters. The molecule has 1 atom stereocenters. The zero-order chi connectivity index (χ0) is 21.7. The predicted octanol–water partition coefficient (Wildman–Crippen LogP) is 4.85. The number of aromatic nitrogens is 1. The predicted molar refractivity (Wildman–Crippen MR) is 123 cm³/mol. The molecule has 1 aromatic carbocycles. The quantitative estimate of drug-likeness (QED) is 0.666. The first-order valence-electron chi connectivity index (χ1n) is 11.7. The number of carbonyl (C=O) groups excluding carboxylic acids is 1. The molecule has 0 bridgehead atoms. The van der Waals surface area contributed by atoms with E-state index in [1.165, 1.54) is 25.7 Å². The minimum Gasteiger partial charge on any atom is -0.493 e. The Hall–Kier alpha value is -1.92. The molecule has 1 aromatic heterocycles. The molecule has 1 aliphatic heterocycles. The van der Waals surface area contributed by atoms with E-state index in [0.717, 1.165) is 40.7 Å². The monoisotopic (exact) mass is 442 g/mol. The minimum absolute atomic E-state index is 0.269. The molecule has 2 aromatic rings. The van der Waals surface area contributed by atoms with Crippen LogP contribution in [0.2, 0.25) is 0 Å². The first kappa shape index (κ1) is 22.3. The van der Waals surface area contributed by atoms with E-state index in [4.69, 9.17) is 9.72 Å². The van der Waals surface area contributed by atoms with Crippen LogP contribution in [0, 0.1) is 12.8 Å². The number of rotatable bonds is 7. The molecule has 1 N–H and O–H groups in total. The fourth-order valence-corrected chi connectivity index (χ4v) is 6.00. The number of ether oxygens (including phenoxy) is 1. The van der Waals surface area contributed by atoms with Crippen LogP contribution in [-0.2, 0) is 16.8 Å². The van der Waals surface area contributed by atoms with Crippen LogP contribution in [0.4, 0.5) is 0 Å². The Balaban J connectivity index is 1.34. The maximum absolute atomic E-state index is 12.8. The lowest BCUT2D eigenvalue weighted by Crippen LogP contribution is -2.34. The van der Waals surface area contributed by atoms with Crippen LogP contribution in [0.1, 0.15) is 66.9 Å². The molecule has 4 rings (SSSR count). The Morgan fingerprint density at radius 2 is 1.97 bits per heavy atom. The molecular formula is C25H34N2O3S. The van der Waals surface area contributed by atoms with Crippen molar-refractivity contribution >= 4 is 17.2 Å². The van der Waals surface area contributed by atoms with Gasteiger partial charge in [0.15, 0.2) is 0 Å². The second-order valence-electron chi connectivity index (χ2n) is 9.06. The number of likely N-dealkylation sites (tertiary alicyclic amines) is 1. The summed E-state index contributed by atoms with van der Waals surface area (Å²) in [6, 6.07) is 9.82. The van der Waals surface area contributed by atoms with E-state index in [1.807, 2.05) is 42.2 Å². The number of aryl methyl sites for hydroxylation is 1. The van der Waals surface area contributed by atoms with Crippen LogP contribution in [0.3, 0.4) is 0 Å².